The Balaban J connectivity index is 1.40. The van der Waals surface area contributed by atoms with Crippen molar-refractivity contribution >= 4 is 16.6 Å². The van der Waals surface area contributed by atoms with Gasteiger partial charge in [-0.15, -0.1) is 0 Å². The second-order valence-corrected chi connectivity index (χ2v) is 6.51. The molecular formula is C19H22N6O2. The first-order chi connectivity index (χ1) is 13.2. The quantitative estimate of drug-likeness (QED) is 0.667. The van der Waals surface area contributed by atoms with Crippen LogP contribution in [0.3, 0.4) is 0 Å². The van der Waals surface area contributed by atoms with Gasteiger partial charge in [-0.05, 0) is 24.3 Å². The Labute approximate surface area is 157 Å². The number of methoxy groups -OCH3 is 1. The Kier molecular flexibility index (Phi) is 4.97. The molecule has 3 heterocycles. The molecule has 1 fully saturated rings. The fourth-order valence-corrected chi connectivity index (χ4v) is 3.42. The van der Waals surface area contributed by atoms with E-state index in [1.54, 1.807) is 23.9 Å². The van der Waals surface area contributed by atoms with Gasteiger partial charge in [0, 0.05) is 57.3 Å². The van der Waals surface area contributed by atoms with Crippen LogP contribution in [-0.2, 0) is 6.54 Å². The van der Waals surface area contributed by atoms with Crippen molar-refractivity contribution in [2.75, 3.05) is 44.7 Å². The van der Waals surface area contributed by atoms with Gasteiger partial charge in [0.1, 0.15) is 6.33 Å². The van der Waals surface area contributed by atoms with Crippen LogP contribution >= 0.6 is 0 Å². The minimum atomic E-state index is -0.191. The van der Waals surface area contributed by atoms with Crippen molar-refractivity contribution in [3.8, 4) is 5.88 Å². The lowest BCUT2D eigenvalue weighted by molar-refractivity contribution is 0.246. The summed E-state index contributed by atoms with van der Waals surface area (Å²) in [6.45, 7) is 5.29. The molecule has 1 saturated heterocycles. The minimum Gasteiger partial charge on any atom is -0.480 e. The van der Waals surface area contributed by atoms with E-state index in [2.05, 4.69) is 36.9 Å². The standard InChI is InChI=1S/C19H22N6O2/c1-27-18-16-13-15(3-4-17(16)21-14-22-18)24-10-7-23(8-11-24)9-12-25-6-2-5-20-19(25)26/h2-6,13-14H,7-12H2,1H3. The SMILES string of the molecule is COc1ncnc2ccc(N3CCN(CCn4cccnc4=O)CC3)cc12. The maximum absolute atomic E-state index is 11.7. The molecule has 1 aliphatic heterocycles. The van der Waals surface area contributed by atoms with E-state index in [4.69, 9.17) is 4.74 Å². The highest BCUT2D eigenvalue weighted by Gasteiger charge is 2.18. The summed E-state index contributed by atoms with van der Waals surface area (Å²) in [7, 11) is 1.63. The largest absolute Gasteiger partial charge is 0.480 e. The van der Waals surface area contributed by atoms with Gasteiger partial charge in [0.15, 0.2) is 0 Å². The minimum absolute atomic E-state index is 0.191. The second-order valence-electron chi connectivity index (χ2n) is 6.51. The van der Waals surface area contributed by atoms with E-state index in [9.17, 15) is 4.79 Å². The Morgan fingerprint density at radius 2 is 1.93 bits per heavy atom. The topological polar surface area (TPSA) is 76.4 Å². The van der Waals surface area contributed by atoms with Gasteiger partial charge in [-0.3, -0.25) is 9.47 Å². The average Bonchev–Trinajstić information content (AvgIpc) is 2.73. The smallest absolute Gasteiger partial charge is 0.347 e. The summed E-state index contributed by atoms with van der Waals surface area (Å²) in [5, 5.41) is 0.927. The lowest BCUT2D eigenvalue weighted by Crippen LogP contribution is -2.47. The van der Waals surface area contributed by atoms with Gasteiger partial charge in [0.25, 0.3) is 0 Å². The Morgan fingerprint density at radius 3 is 2.70 bits per heavy atom. The maximum atomic E-state index is 11.7. The van der Waals surface area contributed by atoms with Crippen LogP contribution in [-0.4, -0.2) is 64.3 Å². The van der Waals surface area contributed by atoms with Crippen LogP contribution in [0.25, 0.3) is 10.9 Å². The average molecular weight is 366 g/mol. The molecule has 0 aliphatic carbocycles. The number of ether oxygens (including phenoxy) is 1. The fraction of sp³-hybridized carbons (Fsp3) is 0.368. The van der Waals surface area contributed by atoms with Crippen molar-refractivity contribution in [2.45, 2.75) is 6.54 Å². The van der Waals surface area contributed by atoms with Crippen LogP contribution in [0.15, 0.2) is 47.8 Å². The van der Waals surface area contributed by atoms with Gasteiger partial charge in [0.05, 0.1) is 18.0 Å². The van der Waals surface area contributed by atoms with E-state index in [-0.39, 0.29) is 5.69 Å². The van der Waals surface area contributed by atoms with Gasteiger partial charge >= 0.3 is 5.69 Å². The molecule has 3 aromatic rings. The highest BCUT2D eigenvalue weighted by molar-refractivity contribution is 5.86. The van der Waals surface area contributed by atoms with Gasteiger partial charge < -0.3 is 9.64 Å². The summed E-state index contributed by atoms with van der Waals surface area (Å²) in [5.41, 5.74) is 1.84. The molecule has 2 aromatic heterocycles. The van der Waals surface area contributed by atoms with Crippen molar-refractivity contribution < 1.29 is 4.74 Å². The normalized spacial score (nSPS) is 15.2. The van der Waals surface area contributed by atoms with E-state index in [0.717, 1.165) is 49.3 Å². The summed E-state index contributed by atoms with van der Waals surface area (Å²) in [4.78, 5) is 28.7. The first-order valence-electron chi connectivity index (χ1n) is 9.02. The Hall–Kier alpha value is -3.00. The zero-order chi connectivity index (χ0) is 18.6. The van der Waals surface area contributed by atoms with E-state index in [0.29, 0.717) is 12.4 Å². The van der Waals surface area contributed by atoms with Crippen LogP contribution < -0.4 is 15.3 Å². The molecule has 1 aromatic carbocycles. The highest BCUT2D eigenvalue weighted by Crippen LogP contribution is 2.27. The van der Waals surface area contributed by atoms with Gasteiger partial charge in [-0.25, -0.2) is 19.7 Å². The first-order valence-corrected chi connectivity index (χ1v) is 9.02. The molecule has 1 aliphatic rings. The molecule has 140 valence electrons. The lowest BCUT2D eigenvalue weighted by Gasteiger charge is -2.36. The summed E-state index contributed by atoms with van der Waals surface area (Å²) in [6, 6.07) is 7.99. The molecule has 0 saturated carbocycles. The van der Waals surface area contributed by atoms with Crippen molar-refractivity contribution in [1.29, 1.82) is 0 Å². The number of anilines is 1. The molecule has 0 bridgehead atoms. The zero-order valence-electron chi connectivity index (χ0n) is 15.3. The molecule has 0 N–H and O–H groups in total. The zero-order valence-corrected chi connectivity index (χ0v) is 15.3. The fourth-order valence-electron chi connectivity index (χ4n) is 3.42. The third-order valence-electron chi connectivity index (χ3n) is 4.95. The molecule has 0 atom stereocenters. The van der Waals surface area contributed by atoms with Crippen molar-refractivity contribution in [2.24, 2.45) is 0 Å². The Morgan fingerprint density at radius 1 is 1.07 bits per heavy atom. The van der Waals surface area contributed by atoms with E-state index >= 15 is 0 Å². The summed E-state index contributed by atoms with van der Waals surface area (Å²) in [5.74, 6) is 0.599. The third kappa shape index (κ3) is 3.75. The van der Waals surface area contributed by atoms with Crippen molar-refractivity contribution in [1.82, 2.24) is 24.4 Å². The lowest BCUT2D eigenvalue weighted by atomic mass is 10.2. The number of piperazine rings is 1. The summed E-state index contributed by atoms with van der Waals surface area (Å²) >= 11 is 0. The molecule has 0 spiro atoms. The van der Waals surface area contributed by atoms with E-state index in [1.165, 1.54) is 12.5 Å². The number of nitrogens with zero attached hydrogens (tertiary/aromatic N) is 6. The second kappa shape index (κ2) is 7.71. The number of fused-ring (bicyclic) bond motifs is 1. The molecule has 8 heteroatoms. The van der Waals surface area contributed by atoms with Crippen LogP contribution in [0.2, 0.25) is 0 Å². The number of hydrogen-bond acceptors (Lipinski definition) is 7. The Bertz CT molecular complexity index is 981. The molecule has 27 heavy (non-hydrogen) atoms. The molecule has 0 radical (unpaired) electrons. The van der Waals surface area contributed by atoms with E-state index < -0.39 is 0 Å². The van der Waals surface area contributed by atoms with E-state index in [1.807, 2.05) is 6.07 Å². The molecular weight excluding hydrogens is 344 g/mol. The molecule has 4 rings (SSSR count). The third-order valence-corrected chi connectivity index (χ3v) is 4.95. The van der Waals surface area contributed by atoms with Crippen molar-refractivity contribution in [3.63, 3.8) is 0 Å². The molecule has 0 amide bonds. The van der Waals surface area contributed by atoms with Crippen LogP contribution in [0.1, 0.15) is 0 Å². The summed E-state index contributed by atoms with van der Waals surface area (Å²) in [6.07, 6.45) is 4.84. The highest BCUT2D eigenvalue weighted by atomic mass is 16.5. The number of benzene rings is 1. The monoisotopic (exact) mass is 366 g/mol. The number of hydrogen-bond donors (Lipinski definition) is 0. The molecule has 8 nitrogen and oxygen atoms in total. The van der Waals surface area contributed by atoms with Crippen LogP contribution in [0, 0.1) is 0 Å². The predicted molar refractivity (Wildman–Crippen MR) is 103 cm³/mol. The summed E-state index contributed by atoms with van der Waals surface area (Å²) < 4.78 is 7.01. The van der Waals surface area contributed by atoms with Crippen LogP contribution in [0.4, 0.5) is 5.69 Å². The number of rotatable bonds is 5. The molecule has 0 unspecified atom stereocenters. The van der Waals surface area contributed by atoms with Crippen molar-refractivity contribution in [3.05, 3.63) is 53.5 Å². The van der Waals surface area contributed by atoms with Gasteiger partial charge in [0.2, 0.25) is 5.88 Å². The first kappa shape index (κ1) is 17.4. The predicted octanol–water partition coefficient (Wildman–Crippen LogP) is 1.02. The van der Waals surface area contributed by atoms with Gasteiger partial charge in [-0.1, -0.05) is 0 Å². The van der Waals surface area contributed by atoms with Crippen LogP contribution in [0.5, 0.6) is 5.88 Å². The number of aromatic nitrogens is 4. The van der Waals surface area contributed by atoms with Gasteiger partial charge in [-0.2, -0.15) is 0 Å². The maximum Gasteiger partial charge on any atom is 0.347 e.